The van der Waals surface area contributed by atoms with Gasteiger partial charge in [-0.2, -0.15) is 0 Å². The van der Waals surface area contributed by atoms with Gasteiger partial charge in [0.25, 0.3) is 5.69 Å². The predicted molar refractivity (Wildman–Crippen MR) is 56.9 cm³/mol. The lowest BCUT2D eigenvalue weighted by Crippen LogP contribution is -1.98. The zero-order valence-electron chi connectivity index (χ0n) is 8.00. The molecule has 0 spiro atoms. The number of nitro groups is 1. The van der Waals surface area contributed by atoms with Crippen LogP contribution in [0.3, 0.4) is 0 Å². The van der Waals surface area contributed by atoms with Crippen LogP contribution in [0.1, 0.15) is 17.5 Å². The molecule has 1 aromatic rings. The number of nitrogens with zero attached hydrogens (tertiary/aromatic N) is 1. The summed E-state index contributed by atoms with van der Waals surface area (Å²) in [5.74, 6) is 0.533. The highest BCUT2D eigenvalue weighted by Gasteiger charge is 2.15. The van der Waals surface area contributed by atoms with Gasteiger partial charge in [-0.05, 0) is 19.8 Å². The number of para-hydroxylation sites is 1. The molecular weight excluding hydrogens is 202 g/mol. The third-order valence-electron chi connectivity index (χ3n) is 2.08. The third kappa shape index (κ3) is 2.45. The molecule has 1 rings (SSSR count). The van der Waals surface area contributed by atoms with E-state index in [1.165, 1.54) is 0 Å². The van der Waals surface area contributed by atoms with Crippen molar-refractivity contribution in [3.63, 3.8) is 0 Å². The number of hydrogen-bond donors (Lipinski definition) is 0. The monoisotopic (exact) mass is 213 g/mol. The molecule has 0 aliphatic carbocycles. The molecule has 14 heavy (non-hydrogen) atoms. The summed E-state index contributed by atoms with van der Waals surface area (Å²) >= 11 is 5.55. The van der Waals surface area contributed by atoms with Gasteiger partial charge < -0.3 is 0 Å². The Labute approximate surface area is 87.8 Å². The van der Waals surface area contributed by atoms with Gasteiger partial charge in [0.2, 0.25) is 0 Å². The second-order valence-electron chi connectivity index (χ2n) is 3.13. The number of hydrogen-bond acceptors (Lipinski definition) is 2. The molecule has 0 saturated heterocycles. The Morgan fingerprint density at radius 1 is 1.50 bits per heavy atom. The standard InChI is InChI=1S/C10H12ClNO2/c1-8-4-2-5-9(6-3-7-11)10(8)12(13)14/h2,4-5H,3,6-7H2,1H3. The van der Waals surface area contributed by atoms with Gasteiger partial charge in [-0.15, -0.1) is 11.6 Å². The van der Waals surface area contributed by atoms with Crippen molar-refractivity contribution in [1.29, 1.82) is 0 Å². The molecule has 76 valence electrons. The molecule has 0 atom stereocenters. The molecule has 1 aromatic carbocycles. The Bertz CT molecular complexity index is 339. The van der Waals surface area contributed by atoms with Crippen molar-refractivity contribution in [3.05, 3.63) is 39.4 Å². The van der Waals surface area contributed by atoms with E-state index < -0.39 is 0 Å². The molecule has 0 saturated carbocycles. The summed E-state index contributed by atoms with van der Waals surface area (Å²) in [6, 6.07) is 5.38. The number of aryl methyl sites for hydroxylation is 2. The number of halogens is 1. The number of rotatable bonds is 4. The Morgan fingerprint density at radius 3 is 2.79 bits per heavy atom. The van der Waals surface area contributed by atoms with E-state index >= 15 is 0 Å². The van der Waals surface area contributed by atoms with Crippen LogP contribution in [0.25, 0.3) is 0 Å². The zero-order chi connectivity index (χ0) is 10.6. The predicted octanol–water partition coefficient (Wildman–Crippen LogP) is 3.07. The maximum absolute atomic E-state index is 10.8. The summed E-state index contributed by atoms with van der Waals surface area (Å²) < 4.78 is 0. The van der Waals surface area contributed by atoms with Gasteiger partial charge in [-0.25, -0.2) is 0 Å². The average molecular weight is 214 g/mol. The van der Waals surface area contributed by atoms with E-state index in [4.69, 9.17) is 11.6 Å². The van der Waals surface area contributed by atoms with Crippen molar-refractivity contribution in [1.82, 2.24) is 0 Å². The largest absolute Gasteiger partial charge is 0.275 e. The van der Waals surface area contributed by atoms with Crippen molar-refractivity contribution in [2.45, 2.75) is 19.8 Å². The molecule has 0 unspecified atom stereocenters. The maximum atomic E-state index is 10.8. The summed E-state index contributed by atoms with van der Waals surface area (Å²) in [4.78, 5) is 10.5. The van der Waals surface area contributed by atoms with Crippen LogP contribution in [0.15, 0.2) is 18.2 Å². The lowest BCUT2D eigenvalue weighted by atomic mass is 10.0. The van der Waals surface area contributed by atoms with Gasteiger partial charge >= 0.3 is 0 Å². The van der Waals surface area contributed by atoms with Crippen LogP contribution in [-0.2, 0) is 6.42 Å². The number of alkyl halides is 1. The van der Waals surface area contributed by atoms with Gasteiger partial charge in [-0.3, -0.25) is 10.1 Å². The molecule has 0 aliphatic rings. The minimum absolute atomic E-state index is 0.234. The van der Waals surface area contributed by atoms with E-state index in [2.05, 4.69) is 0 Å². The highest BCUT2D eigenvalue weighted by atomic mass is 35.5. The van der Waals surface area contributed by atoms with Crippen LogP contribution in [0.4, 0.5) is 5.69 Å². The lowest BCUT2D eigenvalue weighted by molar-refractivity contribution is -0.386. The van der Waals surface area contributed by atoms with Crippen molar-refractivity contribution < 1.29 is 4.92 Å². The Hall–Kier alpha value is -1.09. The summed E-state index contributed by atoms with van der Waals surface area (Å²) in [6.07, 6.45) is 1.44. The first-order chi connectivity index (χ1) is 6.66. The minimum atomic E-state index is -0.321. The SMILES string of the molecule is Cc1cccc(CCCCl)c1[N+](=O)[O-]. The molecule has 0 aromatic heterocycles. The normalized spacial score (nSPS) is 10.1. The Morgan fingerprint density at radius 2 is 2.21 bits per heavy atom. The molecule has 0 fully saturated rings. The van der Waals surface area contributed by atoms with Crippen molar-refractivity contribution in [2.24, 2.45) is 0 Å². The van der Waals surface area contributed by atoms with Crippen LogP contribution >= 0.6 is 11.6 Å². The van der Waals surface area contributed by atoms with Crippen molar-refractivity contribution in [2.75, 3.05) is 5.88 Å². The highest BCUT2D eigenvalue weighted by Crippen LogP contribution is 2.24. The van der Waals surface area contributed by atoms with Gasteiger partial charge in [0, 0.05) is 17.0 Å². The average Bonchev–Trinajstić information content (AvgIpc) is 2.14. The fourth-order valence-electron chi connectivity index (χ4n) is 1.44. The second kappa shape index (κ2) is 4.96. The van der Waals surface area contributed by atoms with E-state index in [0.717, 1.165) is 12.0 Å². The second-order valence-corrected chi connectivity index (χ2v) is 3.51. The van der Waals surface area contributed by atoms with Crippen LogP contribution in [0.5, 0.6) is 0 Å². The molecule has 0 heterocycles. The molecule has 0 aliphatic heterocycles. The molecule has 3 nitrogen and oxygen atoms in total. The maximum Gasteiger partial charge on any atom is 0.275 e. The fraction of sp³-hybridized carbons (Fsp3) is 0.400. The minimum Gasteiger partial charge on any atom is -0.258 e. The first kappa shape index (κ1) is 11.0. The van der Waals surface area contributed by atoms with Gasteiger partial charge in [0.1, 0.15) is 0 Å². The van der Waals surface area contributed by atoms with E-state index in [-0.39, 0.29) is 10.6 Å². The van der Waals surface area contributed by atoms with Crippen LogP contribution in [-0.4, -0.2) is 10.8 Å². The topological polar surface area (TPSA) is 43.1 Å². The summed E-state index contributed by atoms with van der Waals surface area (Å²) in [5.41, 5.74) is 1.72. The Balaban J connectivity index is 3.02. The summed E-state index contributed by atoms with van der Waals surface area (Å²) in [5, 5.41) is 10.8. The molecule has 4 heteroatoms. The van der Waals surface area contributed by atoms with Gasteiger partial charge in [0.05, 0.1) is 4.92 Å². The summed E-state index contributed by atoms with van der Waals surface area (Å²) in [6.45, 7) is 1.75. The Kier molecular flexibility index (Phi) is 3.89. The zero-order valence-corrected chi connectivity index (χ0v) is 8.75. The van der Waals surface area contributed by atoms with E-state index in [0.29, 0.717) is 17.9 Å². The van der Waals surface area contributed by atoms with Crippen molar-refractivity contribution >= 4 is 17.3 Å². The smallest absolute Gasteiger partial charge is 0.258 e. The highest BCUT2D eigenvalue weighted by molar-refractivity contribution is 6.17. The lowest BCUT2D eigenvalue weighted by Gasteiger charge is -2.03. The van der Waals surface area contributed by atoms with Crippen LogP contribution in [0, 0.1) is 17.0 Å². The van der Waals surface area contributed by atoms with E-state index in [9.17, 15) is 10.1 Å². The quantitative estimate of drug-likeness (QED) is 0.438. The first-order valence-electron chi connectivity index (χ1n) is 4.45. The van der Waals surface area contributed by atoms with Gasteiger partial charge in [0.15, 0.2) is 0 Å². The molecule has 0 N–H and O–H groups in total. The van der Waals surface area contributed by atoms with E-state index in [1.54, 1.807) is 19.1 Å². The fourth-order valence-corrected chi connectivity index (χ4v) is 1.57. The van der Waals surface area contributed by atoms with Crippen LogP contribution < -0.4 is 0 Å². The number of nitro benzene ring substituents is 1. The number of benzene rings is 1. The van der Waals surface area contributed by atoms with Crippen molar-refractivity contribution in [3.8, 4) is 0 Å². The molecule has 0 bridgehead atoms. The molecule has 0 radical (unpaired) electrons. The molecule has 0 amide bonds. The van der Waals surface area contributed by atoms with E-state index in [1.807, 2.05) is 6.07 Å². The third-order valence-corrected chi connectivity index (χ3v) is 2.35. The molecular formula is C10H12ClNO2. The summed E-state index contributed by atoms with van der Waals surface area (Å²) in [7, 11) is 0. The van der Waals surface area contributed by atoms with Gasteiger partial charge in [-0.1, -0.05) is 18.2 Å². The van der Waals surface area contributed by atoms with Crippen LogP contribution in [0.2, 0.25) is 0 Å². The first-order valence-corrected chi connectivity index (χ1v) is 4.99.